The van der Waals surface area contributed by atoms with Gasteiger partial charge in [0.1, 0.15) is 5.82 Å². The summed E-state index contributed by atoms with van der Waals surface area (Å²) in [4.78, 5) is 0. The molecule has 16 heavy (non-hydrogen) atoms. The van der Waals surface area contributed by atoms with E-state index in [0.717, 1.165) is 44.1 Å². The SMILES string of the molecule is CCCNCCCOc1cc(F)ccc1F. The molecule has 4 heteroatoms. The Kier molecular flexibility index (Phi) is 5.78. The first-order valence-corrected chi connectivity index (χ1v) is 5.52. The first kappa shape index (κ1) is 12.9. The molecule has 0 radical (unpaired) electrons. The third-order valence-corrected chi connectivity index (χ3v) is 2.08. The third kappa shape index (κ3) is 4.57. The van der Waals surface area contributed by atoms with Gasteiger partial charge in [0.05, 0.1) is 6.61 Å². The smallest absolute Gasteiger partial charge is 0.165 e. The summed E-state index contributed by atoms with van der Waals surface area (Å²) in [6, 6.07) is 3.21. The molecule has 90 valence electrons. The van der Waals surface area contributed by atoms with Gasteiger partial charge in [0.25, 0.3) is 0 Å². The predicted molar refractivity (Wildman–Crippen MR) is 59.6 cm³/mol. The summed E-state index contributed by atoms with van der Waals surface area (Å²) < 4.78 is 31.0. The maximum Gasteiger partial charge on any atom is 0.165 e. The topological polar surface area (TPSA) is 21.3 Å². The quantitative estimate of drug-likeness (QED) is 0.726. The molecule has 0 saturated carbocycles. The molecule has 0 atom stereocenters. The minimum atomic E-state index is -0.525. The second kappa shape index (κ2) is 7.17. The summed E-state index contributed by atoms with van der Waals surface area (Å²) >= 11 is 0. The van der Waals surface area contributed by atoms with Gasteiger partial charge in [-0.25, -0.2) is 8.78 Å². The van der Waals surface area contributed by atoms with E-state index < -0.39 is 11.6 Å². The number of benzene rings is 1. The van der Waals surface area contributed by atoms with Crippen molar-refractivity contribution in [3.63, 3.8) is 0 Å². The van der Waals surface area contributed by atoms with Crippen molar-refractivity contribution in [3.05, 3.63) is 29.8 Å². The number of halogens is 2. The van der Waals surface area contributed by atoms with E-state index in [1.54, 1.807) is 0 Å². The maximum atomic E-state index is 13.1. The highest BCUT2D eigenvalue weighted by Gasteiger charge is 2.04. The lowest BCUT2D eigenvalue weighted by atomic mass is 10.3. The number of ether oxygens (including phenoxy) is 1. The van der Waals surface area contributed by atoms with Crippen molar-refractivity contribution in [1.82, 2.24) is 5.32 Å². The zero-order chi connectivity index (χ0) is 11.8. The van der Waals surface area contributed by atoms with Gasteiger partial charge in [-0.2, -0.15) is 0 Å². The molecule has 0 spiro atoms. The molecule has 0 heterocycles. The molecule has 0 unspecified atom stereocenters. The summed E-state index contributed by atoms with van der Waals surface area (Å²) in [6.45, 7) is 4.27. The van der Waals surface area contributed by atoms with E-state index in [4.69, 9.17) is 4.74 Å². The van der Waals surface area contributed by atoms with Crippen molar-refractivity contribution in [2.75, 3.05) is 19.7 Å². The maximum absolute atomic E-state index is 13.1. The Balaban J connectivity index is 2.23. The van der Waals surface area contributed by atoms with Crippen LogP contribution in [0.2, 0.25) is 0 Å². The first-order valence-electron chi connectivity index (χ1n) is 5.52. The lowest BCUT2D eigenvalue weighted by Gasteiger charge is -2.07. The van der Waals surface area contributed by atoms with E-state index >= 15 is 0 Å². The largest absolute Gasteiger partial charge is 0.490 e. The normalized spacial score (nSPS) is 10.4. The lowest BCUT2D eigenvalue weighted by molar-refractivity contribution is 0.291. The molecular formula is C12H17F2NO. The predicted octanol–water partition coefficient (Wildman–Crippen LogP) is 2.73. The van der Waals surface area contributed by atoms with Gasteiger partial charge < -0.3 is 10.1 Å². The summed E-state index contributed by atoms with van der Waals surface area (Å²) in [5.74, 6) is -1.03. The van der Waals surface area contributed by atoms with Gasteiger partial charge in [-0.05, 0) is 38.1 Å². The van der Waals surface area contributed by atoms with Crippen LogP contribution in [0.3, 0.4) is 0 Å². The third-order valence-electron chi connectivity index (χ3n) is 2.08. The van der Waals surface area contributed by atoms with Crippen LogP contribution < -0.4 is 10.1 Å². The van der Waals surface area contributed by atoms with Gasteiger partial charge in [-0.1, -0.05) is 6.92 Å². The molecule has 2 nitrogen and oxygen atoms in total. The van der Waals surface area contributed by atoms with Crippen LogP contribution >= 0.6 is 0 Å². The van der Waals surface area contributed by atoms with Gasteiger partial charge in [-0.3, -0.25) is 0 Å². The van der Waals surface area contributed by atoms with Crippen molar-refractivity contribution in [2.45, 2.75) is 19.8 Å². The van der Waals surface area contributed by atoms with Crippen LogP contribution in [0.15, 0.2) is 18.2 Å². The van der Waals surface area contributed by atoms with Gasteiger partial charge in [0.15, 0.2) is 11.6 Å². The Morgan fingerprint density at radius 1 is 1.25 bits per heavy atom. The fourth-order valence-corrected chi connectivity index (χ4v) is 1.27. The highest BCUT2D eigenvalue weighted by Crippen LogP contribution is 2.17. The minimum Gasteiger partial charge on any atom is -0.490 e. The van der Waals surface area contributed by atoms with E-state index in [1.807, 2.05) is 0 Å². The number of hydrogen-bond donors (Lipinski definition) is 1. The van der Waals surface area contributed by atoms with Crippen LogP contribution in [0.5, 0.6) is 5.75 Å². The van der Waals surface area contributed by atoms with Crippen molar-refractivity contribution in [3.8, 4) is 5.75 Å². The molecule has 1 rings (SSSR count). The Morgan fingerprint density at radius 2 is 2.06 bits per heavy atom. The number of rotatable bonds is 7. The first-order chi connectivity index (χ1) is 7.74. The van der Waals surface area contributed by atoms with Crippen molar-refractivity contribution < 1.29 is 13.5 Å². The van der Waals surface area contributed by atoms with Crippen LogP contribution in [0.1, 0.15) is 19.8 Å². The average molecular weight is 229 g/mol. The summed E-state index contributed by atoms with van der Waals surface area (Å²) in [7, 11) is 0. The van der Waals surface area contributed by atoms with Crippen molar-refractivity contribution >= 4 is 0 Å². The zero-order valence-corrected chi connectivity index (χ0v) is 9.43. The zero-order valence-electron chi connectivity index (χ0n) is 9.43. The van der Waals surface area contributed by atoms with E-state index in [9.17, 15) is 8.78 Å². The second-order valence-corrected chi connectivity index (χ2v) is 3.53. The van der Waals surface area contributed by atoms with Crippen molar-refractivity contribution in [2.24, 2.45) is 0 Å². The molecular weight excluding hydrogens is 212 g/mol. The van der Waals surface area contributed by atoms with E-state index in [2.05, 4.69) is 12.2 Å². The van der Waals surface area contributed by atoms with Gasteiger partial charge >= 0.3 is 0 Å². The molecule has 1 aromatic rings. The molecule has 0 aliphatic rings. The van der Waals surface area contributed by atoms with Gasteiger partial charge in [0.2, 0.25) is 0 Å². The van der Waals surface area contributed by atoms with Crippen LogP contribution in [-0.4, -0.2) is 19.7 Å². The highest BCUT2D eigenvalue weighted by molar-refractivity contribution is 5.24. The minimum absolute atomic E-state index is 0.0181. The Bertz CT molecular complexity index is 318. The molecule has 0 fully saturated rings. The lowest BCUT2D eigenvalue weighted by Crippen LogP contribution is -2.18. The Labute approximate surface area is 94.6 Å². The molecule has 0 amide bonds. The standard InChI is InChI=1S/C12H17F2NO/c1-2-6-15-7-3-8-16-12-9-10(13)4-5-11(12)14/h4-5,9,15H,2-3,6-8H2,1H3. The fraction of sp³-hybridized carbons (Fsp3) is 0.500. The summed E-state index contributed by atoms with van der Waals surface area (Å²) in [5, 5.41) is 3.20. The van der Waals surface area contributed by atoms with Crippen molar-refractivity contribution in [1.29, 1.82) is 0 Å². The number of nitrogens with one attached hydrogen (secondary N) is 1. The molecule has 0 aliphatic heterocycles. The monoisotopic (exact) mass is 229 g/mol. The van der Waals surface area contributed by atoms with Crippen LogP contribution in [0.4, 0.5) is 8.78 Å². The molecule has 0 bridgehead atoms. The van der Waals surface area contributed by atoms with E-state index in [0.29, 0.717) is 6.61 Å². The van der Waals surface area contributed by atoms with Gasteiger partial charge in [0, 0.05) is 6.07 Å². The Morgan fingerprint density at radius 3 is 2.81 bits per heavy atom. The molecule has 1 N–H and O–H groups in total. The molecule has 1 aromatic carbocycles. The van der Waals surface area contributed by atoms with Crippen LogP contribution in [-0.2, 0) is 0 Å². The molecule has 0 saturated heterocycles. The van der Waals surface area contributed by atoms with Crippen LogP contribution in [0, 0.1) is 11.6 Å². The molecule has 0 aromatic heterocycles. The number of hydrogen-bond acceptors (Lipinski definition) is 2. The fourth-order valence-electron chi connectivity index (χ4n) is 1.27. The van der Waals surface area contributed by atoms with Gasteiger partial charge in [-0.15, -0.1) is 0 Å². The average Bonchev–Trinajstić information content (AvgIpc) is 2.28. The summed E-state index contributed by atoms with van der Waals surface area (Å²) in [6.07, 6.45) is 1.86. The van der Waals surface area contributed by atoms with E-state index in [1.165, 1.54) is 0 Å². The second-order valence-electron chi connectivity index (χ2n) is 3.53. The summed E-state index contributed by atoms with van der Waals surface area (Å²) in [5.41, 5.74) is 0. The molecule has 0 aliphatic carbocycles. The van der Waals surface area contributed by atoms with E-state index in [-0.39, 0.29) is 5.75 Å². The van der Waals surface area contributed by atoms with Crippen LogP contribution in [0.25, 0.3) is 0 Å². The Hall–Kier alpha value is -1.16. The highest BCUT2D eigenvalue weighted by atomic mass is 19.1.